The molecule has 0 unspecified atom stereocenters. The lowest BCUT2D eigenvalue weighted by molar-refractivity contribution is 0.111. The van der Waals surface area contributed by atoms with Crippen molar-refractivity contribution in [3.8, 4) is 5.75 Å². The summed E-state index contributed by atoms with van der Waals surface area (Å²) >= 11 is 0. The topological polar surface area (TPSA) is 38.3 Å². The Bertz CT molecular complexity index is 373. The molecule has 3 nitrogen and oxygen atoms in total. The zero-order valence-corrected chi connectivity index (χ0v) is 9.02. The van der Waals surface area contributed by atoms with Crippen molar-refractivity contribution in [3.05, 3.63) is 29.3 Å². The third kappa shape index (κ3) is 2.48. The Labute approximate surface area is 97.2 Å². The monoisotopic (exact) mass is 249 g/mol. The number of ether oxygens (including phenoxy) is 1. The van der Waals surface area contributed by atoms with Gasteiger partial charge in [0, 0.05) is 25.2 Å². The maximum atomic E-state index is 13.1. The van der Waals surface area contributed by atoms with Crippen molar-refractivity contribution in [1.29, 1.82) is 0 Å². The summed E-state index contributed by atoms with van der Waals surface area (Å²) in [7, 11) is 0. The Morgan fingerprint density at radius 2 is 1.88 bits per heavy atom. The highest BCUT2D eigenvalue weighted by atomic mass is 35.5. The predicted octanol–water partition coefficient (Wildman–Crippen LogP) is 1.55. The largest absolute Gasteiger partial charge is 0.488 e. The van der Waals surface area contributed by atoms with Gasteiger partial charge in [-0.15, -0.1) is 12.4 Å². The summed E-state index contributed by atoms with van der Waals surface area (Å²) in [6.45, 7) is 1.33. The number of aldehydes is 1. The van der Waals surface area contributed by atoms with Crippen LogP contribution in [-0.2, 0) is 0 Å². The molecule has 1 aliphatic heterocycles. The zero-order chi connectivity index (χ0) is 10.8. The van der Waals surface area contributed by atoms with Crippen molar-refractivity contribution < 1.29 is 18.3 Å². The van der Waals surface area contributed by atoms with Crippen LogP contribution < -0.4 is 10.1 Å². The molecule has 2 rings (SSSR count). The number of hydrogen-bond acceptors (Lipinski definition) is 3. The van der Waals surface area contributed by atoms with Gasteiger partial charge in [0.25, 0.3) is 0 Å². The lowest BCUT2D eigenvalue weighted by Crippen LogP contribution is -2.50. The Balaban J connectivity index is 0.00000128. The van der Waals surface area contributed by atoms with E-state index in [2.05, 4.69) is 5.32 Å². The lowest BCUT2D eigenvalue weighted by atomic mass is 10.2. The van der Waals surface area contributed by atoms with Gasteiger partial charge in [0.05, 0.1) is 5.56 Å². The maximum absolute atomic E-state index is 13.1. The fourth-order valence-electron chi connectivity index (χ4n) is 1.28. The second-order valence-electron chi connectivity index (χ2n) is 3.32. The molecule has 88 valence electrons. The molecule has 1 aromatic carbocycles. The summed E-state index contributed by atoms with van der Waals surface area (Å²) in [5.74, 6) is -1.68. The van der Waals surface area contributed by atoms with Crippen LogP contribution in [0, 0.1) is 11.6 Å². The zero-order valence-electron chi connectivity index (χ0n) is 8.20. The van der Waals surface area contributed by atoms with Gasteiger partial charge in [0.1, 0.15) is 23.5 Å². The van der Waals surface area contributed by atoms with Crippen molar-refractivity contribution in [3.63, 3.8) is 0 Å². The van der Waals surface area contributed by atoms with Gasteiger partial charge in [0.15, 0.2) is 6.29 Å². The number of benzene rings is 1. The van der Waals surface area contributed by atoms with Crippen molar-refractivity contribution in [2.45, 2.75) is 6.10 Å². The summed E-state index contributed by atoms with van der Waals surface area (Å²) in [6, 6.07) is 2.04. The molecular weight excluding hydrogens is 240 g/mol. The molecular formula is C10H10ClF2NO2. The molecule has 0 radical (unpaired) electrons. The molecule has 1 N–H and O–H groups in total. The smallest absolute Gasteiger partial charge is 0.155 e. The molecule has 6 heteroatoms. The molecule has 1 fully saturated rings. The molecule has 0 aromatic heterocycles. The average Bonchev–Trinajstić information content (AvgIpc) is 2.11. The first-order valence-corrected chi connectivity index (χ1v) is 4.52. The Hall–Kier alpha value is -1.20. The van der Waals surface area contributed by atoms with E-state index in [1.807, 2.05) is 0 Å². The van der Waals surface area contributed by atoms with Crippen LogP contribution in [0.5, 0.6) is 5.75 Å². The molecule has 0 saturated carbocycles. The van der Waals surface area contributed by atoms with Crippen LogP contribution in [0.25, 0.3) is 0 Å². The van der Waals surface area contributed by atoms with Crippen LogP contribution in [0.1, 0.15) is 10.4 Å². The number of carbonyl (C=O) groups is 1. The second-order valence-corrected chi connectivity index (χ2v) is 3.32. The number of halogens is 3. The van der Waals surface area contributed by atoms with Gasteiger partial charge in [-0.05, 0) is 0 Å². The van der Waals surface area contributed by atoms with Crippen LogP contribution in [0.3, 0.4) is 0 Å². The van der Waals surface area contributed by atoms with E-state index in [4.69, 9.17) is 4.74 Å². The van der Waals surface area contributed by atoms with E-state index in [1.54, 1.807) is 0 Å². The van der Waals surface area contributed by atoms with E-state index in [9.17, 15) is 13.6 Å². The van der Waals surface area contributed by atoms with Crippen molar-refractivity contribution in [2.75, 3.05) is 13.1 Å². The molecule has 0 spiro atoms. The van der Waals surface area contributed by atoms with E-state index in [0.29, 0.717) is 13.1 Å². The van der Waals surface area contributed by atoms with Crippen molar-refractivity contribution in [1.82, 2.24) is 5.32 Å². The first kappa shape index (κ1) is 12.9. The van der Waals surface area contributed by atoms with Gasteiger partial charge in [-0.1, -0.05) is 0 Å². The fraction of sp³-hybridized carbons (Fsp3) is 0.300. The molecule has 0 atom stereocenters. The van der Waals surface area contributed by atoms with Crippen LogP contribution in [0.2, 0.25) is 0 Å². The summed E-state index contributed by atoms with van der Waals surface area (Å²) in [6.07, 6.45) is 0.102. The number of rotatable bonds is 3. The van der Waals surface area contributed by atoms with Crippen LogP contribution in [0.4, 0.5) is 8.78 Å². The molecule has 1 aromatic rings. The minimum absolute atomic E-state index is 0. The number of carbonyl (C=O) groups excluding carboxylic acids is 1. The predicted molar refractivity (Wildman–Crippen MR) is 56.3 cm³/mol. The number of hydrogen-bond donors (Lipinski definition) is 1. The third-order valence-corrected chi connectivity index (χ3v) is 2.22. The van der Waals surface area contributed by atoms with E-state index >= 15 is 0 Å². The third-order valence-electron chi connectivity index (χ3n) is 2.22. The van der Waals surface area contributed by atoms with E-state index in [1.165, 1.54) is 0 Å². The summed E-state index contributed by atoms with van der Waals surface area (Å²) < 4.78 is 31.5. The van der Waals surface area contributed by atoms with Crippen LogP contribution in [-0.4, -0.2) is 25.5 Å². The highest BCUT2D eigenvalue weighted by Gasteiger charge is 2.20. The molecule has 16 heavy (non-hydrogen) atoms. The van der Waals surface area contributed by atoms with Gasteiger partial charge < -0.3 is 10.1 Å². The molecule has 1 saturated heterocycles. The normalized spacial score (nSPS) is 14.9. The van der Waals surface area contributed by atoms with Crippen LogP contribution in [0.15, 0.2) is 12.1 Å². The van der Waals surface area contributed by atoms with E-state index in [-0.39, 0.29) is 30.5 Å². The van der Waals surface area contributed by atoms with Gasteiger partial charge >= 0.3 is 0 Å². The van der Waals surface area contributed by atoms with E-state index in [0.717, 1.165) is 12.1 Å². The van der Waals surface area contributed by atoms with Crippen molar-refractivity contribution >= 4 is 18.7 Å². The summed E-state index contributed by atoms with van der Waals surface area (Å²) in [4.78, 5) is 10.3. The van der Waals surface area contributed by atoms with Gasteiger partial charge in [-0.25, -0.2) is 8.78 Å². The van der Waals surface area contributed by atoms with E-state index < -0.39 is 17.2 Å². The highest BCUT2D eigenvalue weighted by molar-refractivity contribution is 5.85. The van der Waals surface area contributed by atoms with Crippen LogP contribution >= 0.6 is 12.4 Å². The number of nitrogens with one attached hydrogen (secondary N) is 1. The maximum Gasteiger partial charge on any atom is 0.155 e. The SMILES string of the molecule is Cl.O=Cc1c(F)cc(OC2CNC2)cc1F. The van der Waals surface area contributed by atoms with Crippen molar-refractivity contribution in [2.24, 2.45) is 0 Å². The molecule has 0 aliphatic carbocycles. The van der Waals surface area contributed by atoms with Gasteiger partial charge in [-0.2, -0.15) is 0 Å². The second kappa shape index (κ2) is 5.23. The highest BCUT2D eigenvalue weighted by Crippen LogP contribution is 2.21. The quantitative estimate of drug-likeness (QED) is 0.826. The van der Waals surface area contributed by atoms with Gasteiger partial charge in [0.2, 0.25) is 0 Å². The molecule has 0 amide bonds. The lowest BCUT2D eigenvalue weighted by Gasteiger charge is -2.27. The fourth-order valence-corrected chi connectivity index (χ4v) is 1.28. The Morgan fingerprint density at radius 1 is 1.31 bits per heavy atom. The minimum Gasteiger partial charge on any atom is -0.488 e. The summed E-state index contributed by atoms with van der Waals surface area (Å²) in [5.41, 5.74) is -0.561. The van der Waals surface area contributed by atoms with Gasteiger partial charge in [-0.3, -0.25) is 4.79 Å². The summed E-state index contributed by atoms with van der Waals surface area (Å²) in [5, 5.41) is 2.96. The first-order valence-electron chi connectivity index (χ1n) is 4.52. The molecule has 1 heterocycles. The molecule has 0 bridgehead atoms. The Morgan fingerprint density at radius 3 is 2.25 bits per heavy atom. The minimum atomic E-state index is -0.896. The Kier molecular flexibility index (Phi) is 4.20. The average molecular weight is 250 g/mol. The first-order chi connectivity index (χ1) is 7.20. The molecule has 1 aliphatic rings. The standard InChI is InChI=1S/C10H9F2NO2.ClH/c11-9-1-6(15-7-3-13-4-7)2-10(12)8(9)5-14;/h1-2,5,7,13H,3-4H2;1H.